The quantitative estimate of drug-likeness (QED) is 0.249. The van der Waals surface area contributed by atoms with E-state index in [-0.39, 0.29) is 23.8 Å². The number of halogens is 3. The Morgan fingerprint density at radius 2 is 1.78 bits per heavy atom. The number of hydrogen-bond donors (Lipinski definition) is 5. The van der Waals surface area contributed by atoms with E-state index in [1.807, 2.05) is 0 Å². The summed E-state index contributed by atoms with van der Waals surface area (Å²) in [6, 6.07) is 3.81. The van der Waals surface area contributed by atoms with Crippen molar-refractivity contribution >= 4 is 41.5 Å². The van der Waals surface area contributed by atoms with Gasteiger partial charge in [0.1, 0.15) is 35.5 Å². The van der Waals surface area contributed by atoms with Crippen molar-refractivity contribution in [1.29, 1.82) is 0 Å². The van der Waals surface area contributed by atoms with Gasteiger partial charge in [0.2, 0.25) is 5.91 Å². The number of benzene rings is 1. The van der Waals surface area contributed by atoms with E-state index in [1.54, 1.807) is 0 Å². The molecule has 0 aromatic heterocycles. The van der Waals surface area contributed by atoms with Crippen molar-refractivity contribution in [1.82, 2.24) is 10.2 Å². The van der Waals surface area contributed by atoms with Gasteiger partial charge >= 0.3 is 24.1 Å². The summed E-state index contributed by atoms with van der Waals surface area (Å²) >= 11 is 1.26. The molecule has 16 heteroatoms. The Hall–Kier alpha value is -3.79. The molecule has 0 bridgehead atoms. The number of rotatable bonds is 6. The molecule has 0 spiro atoms. The van der Waals surface area contributed by atoms with Crippen LogP contribution in [0.5, 0.6) is 5.75 Å². The van der Waals surface area contributed by atoms with E-state index in [9.17, 15) is 42.6 Å². The van der Waals surface area contributed by atoms with Crippen molar-refractivity contribution in [2.24, 2.45) is 5.73 Å². The van der Waals surface area contributed by atoms with Gasteiger partial charge in [-0.1, -0.05) is 12.1 Å². The van der Waals surface area contributed by atoms with E-state index in [4.69, 9.17) is 20.4 Å². The van der Waals surface area contributed by atoms with Gasteiger partial charge in [0.15, 0.2) is 0 Å². The SMILES string of the molecule is CC(=O)OCC1=C(C(=O)O)N2C(=O)C(NC(=O)[C@H](N)c3ccc(O)cc3)[C@H]2SC1.O=C(O)C(F)(F)F. The highest BCUT2D eigenvalue weighted by atomic mass is 32.2. The van der Waals surface area contributed by atoms with Crippen LogP contribution in [0.2, 0.25) is 0 Å². The van der Waals surface area contributed by atoms with Crippen molar-refractivity contribution in [3.8, 4) is 5.75 Å². The smallest absolute Gasteiger partial charge is 0.490 e. The van der Waals surface area contributed by atoms with Crippen molar-refractivity contribution in [3.05, 3.63) is 41.1 Å². The average molecular weight is 535 g/mol. The largest absolute Gasteiger partial charge is 0.508 e. The Labute approximate surface area is 204 Å². The van der Waals surface area contributed by atoms with E-state index in [0.29, 0.717) is 11.1 Å². The van der Waals surface area contributed by atoms with Crippen molar-refractivity contribution in [2.45, 2.75) is 30.6 Å². The summed E-state index contributed by atoms with van der Waals surface area (Å²) < 4.78 is 36.6. The number of aromatic hydroxyl groups is 1. The predicted molar refractivity (Wildman–Crippen MR) is 115 cm³/mol. The zero-order chi connectivity index (χ0) is 27.4. The summed E-state index contributed by atoms with van der Waals surface area (Å²) in [6.07, 6.45) is -5.08. The van der Waals surface area contributed by atoms with Crippen LogP contribution in [0.3, 0.4) is 0 Å². The molecule has 1 aromatic carbocycles. The number of carbonyl (C=O) groups excluding carboxylic acids is 3. The third-order valence-corrected chi connectivity index (χ3v) is 6.11. The molecule has 36 heavy (non-hydrogen) atoms. The number of carbonyl (C=O) groups is 5. The van der Waals surface area contributed by atoms with Crippen LogP contribution in [0.1, 0.15) is 18.5 Å². The van der Waals surface area contributed by atoms with Crippen LogP contribution < -0.4 is 11.1 Å². The second-order valence-electron chi connectivity index (χ2n) is 7.31. The molecule has 2 amide bonds. The zero-order valence-corrected chi connectivity index (χ0v) is 19.1. The van der Waals surface area contributed by atoms with E-state index < -0.39 is 53.4 Å². The summed E-state index contributed by atoms with van der Waals surface area (Å²) in [6.45, 7) is 0.987. The first-order valence-electron chi connectivity index (χ1n) is 9.83. The molecule has 2 aliphatic heterocycles. The first-order valence-corrected chi connectivity index (χ1v) is 10.9. The number of ether oxygens (including phenoxy) is 1. The number of nitrogens with zero attached hydrogens (tertiary/aromatic N) is 1. The Morgan fingerprint density at radius 3 is 2.25 bits per heavy atom. The van der Waals surface area contributed by atoms with Gasteiger partial charge in [-0.05, 0) is 17.7 Å². The average Bonchev–Trinajstić information content (AvgIpc) is 2.79. The molecule has 1 unspecified atom stereocenters. The van der Waals surface area contributed by atoms with Crippen LogP contribution in [-0.2, 0) is 28.7 Å². The van der Waals surface area contributed by atoms with Crippen LogP contribution >= 0.6 is 11.8 Å². The van der Waals surface area contributed by atoms with Gasteiger partial charge in [-0.3, -0.25) is 19.3 Å². The standard InChI is InChI=1S/C18H19N3O7S.C2HF3O2/c1-8(22)28-6-10-7-29-17-13(16(25)21(17)14(10)18(26)27)20-15(24)12(19)9-2-4-11(23)5-3-9;3-2(4,5)1(6)7/h2-5,12-13,17,23H,6-7,19H2,1H3,(H,20,24)(H,26,27);(H,6,7)/t12-,13?,17-;/m1./s1. The van der Waals surface area contributed by atoms with Crippen molar-refractivity contribution < 1.29 is 57.2 Å². The zero-order valence-electron chi connectivity index (χ0n) is 18.3. The fourth-order valence-electron chi connectivity index (χ4n) is 3.06. The number of thioether (sulfide) groups is 1. The lowest BCUT2D eigenvalue weighted by atomic mass is 10.0. The van der Waals surface area contributed by atoms with Gasteiger partial charge in [-0.25, -0.2) is 9.59 Å². The van der Waals surface area contributed by atoms with Crippen LogP contribution in [0.25, 0.3) is 0 Å². The number of amides is 2. The maximum Gasteiger partial charge on any atom is 0.490 e. The minimum absolute atomic E-state index is 0.0299. The fourth-order valence-corrected chi connectivity index (χ4v) is 4.39. The number of nitrogens with two attached hydrogens (primary N) is 1. The number of carboxylic acid groups (broad SMARTS) is 2. The Balaban J connectivity index is 0.000000572. The number of phenols is 1. The monoisotopic (exact) mass is 535 g/mol. The first-order chi connectivity index (χ1) is 16.6. The van der Waals surface area contributed by atoms with Gasteiger partial charge in [-0.15, -0.1) is 11.8 Å². The highest BCUT2D eigenvalue weighted by Gasteiger charge is 2.54. The van der Waals surface area contributed by atoms with Crippen LogP contribution in [0.4, 0.5) is 13.2 Å². The van der Waals surface area contributed by atoms with Crippen molar-refractivity contribution in [3.63, 3.8) is 0 Å². The van der Waals surface area contributed by atoms with Gasteiger partial charge in [0.25, 0.3) is 5.91 Å². The van der Waals surface area contributed by atoms with Gasteiger partial charge in [0, 0.05) is 18.2 Å². The molecule has 1 aromatic rings. The maximum atomic E-state index is 12.6. The van der Waals surface area contributed by atoms with Gasteiger partial charge in [-0.2, -0.15) is 13.2 Å². The van der Waals surface area contributed by atoms with E-state index >= 15 is 0 Å². The summed E-state index contributed by atoms with van der Waals surface area (Å²) in [7, 11) is 0. The molecule has 0 radical (unpaired) electrons. The molecular weight excluding hydrogens is 515 g/mol. The Bertz CT molecular complexity index is 1090. The molecular formula is C20H20F3N3O9S. The fraction of sp³-hybridized carbons (Fsp3) is 0.350. The lowest BCUT2D eigenvalue weighted by Crippen LogP contribution is -2.71. The normalized spacial score (nSPS) is 19.7. The topological polar surface area (TPSA) is 197 Å². The second-order valence-corrected chi connectivity index (χ2v) is 8.41. The molecule has 196 valence electrons. The summed E-state index contributed by atoms with van der Waals surface area (Å²) in [5.41, 5.74) is 6.46. The maximum absolute atomic E-state index is 12.6. The number of phenolic OH excluding ortho intramolecular Hbond substituents is 1. The van der Waals surface area contributed by atoms with Gasteiger partial charge < -0.3 is 31.1 Å². The number of β-lactam (4-membered cyclic amide) rings is 1. The molecule has 2 aliphatic rings. The lowest BCUT2D eigenvalue weighted by molar-refractivity contribution is -0.192. The number of fused-ring (bicyclic) bond motifs is 1. The van der Waals surface area contributed by atoms with E-state index in [1.165, 1.54) is 43.0 Å². The third-order valence-electron chi connectivity index (χ3n) is 4.77. The van der Waals surface area contributed by atoms with Crippen molar-refractivity contribution in [2.75, 3.05) is 12.4 Å². The van der Waals surface area contributed by atoms with Crippen LogP contribution in [0.15, 0.2) is 35.5 Å². The Morgan fingerprint density at radius 1 is 1.22 bits per heavy atom. The summed E-state index contributed by atoms with van der Waals surface area (Å²) in [4.78, 5) is 57.7. The Kier molecular flexibility index (Phi) is 8.93. The van der Waals surface area contributed by atoms with Crippen LogP contribution in [-0.4, -0.2) is 79.9 Å². The molecule has 2 heterocycles. The first kappa shape index (κ1) is 28.4. The lowest BCUT2D eigenvalue weighted by Gasteiger charge is -2.49. The minimum Gasteiger partial charge on any atom is -0.508 e. The minimum atomic E-state index is -5.08. The van der Waals surface area contributed by atoms with Gasteiger partial charge in [0.05, 0.1) is 0 Å². The number of alkyl halides is 3. The molecule has 1 fully saturated rings. The highest BCUT2D eigenvalue weighted by molar-refractivity contribution is 8.00. The summed E-state index contributed by atoms with van der Waals surface area (Å²) in [5.74, 6) is -5.53. The molecule has 12 nitrogen and oxygen atoms in total. The molecule has 3 rings (SSSR count). The number of nitrogens with one attached hydrogen (secondary N) is 1. The predicted octanol–water partition coefficient (Wildman–Crippen LogP) is 0.327. The molecule has 6 N–H and O–H groups in total. The second kappa shape index (κ2) is 11.3. The summed E-state index contributed by atoms with van der Waals surface area (Å²) in [5, 5.41) is 27.9. The molecule has 3 atom stereocenters. The van der Waals surface area contributed by atoms with Crippen LogP contribution in [0, 0.1) is 0 Å². The third kappa shape index (κ3) is 6.66. The number of hydrogen-bond acceptors (Lipinski definition) is 9. The number of carboxylic acids is 2. The molecule has 0 aliphatic carbocycles. The number of aliphatic carboxylic acids is 2. The highest BCUT2D eigenvalue weighted by Crippen LogP contribution is 2.40. The number of esters is 1. The van der Waals surface area contributed by atoms with E-state index in [0.717, 1.165) is 4.90 Å². The van der Waals surface area contributed by atoms with E-state index in [2.05, 4.69) is 5.32 Å². The molecule has 0 saturated carbocycles. The molecule has 1 saturated heterocycles.